The predicted octanol–water partition coefficient (Wildman–Crippen LogP) is 2.74. The van der Waals surface area contributed by atoms with Crippen LogP contribution in [0.25, 0.3) is 0 Å². The van der Waals surface area contributed by atoms with E-state index in [9.17, 15) is 13.6 Å². The van der Waals surface area contributed by atoms with Crippen molar-refractivity contribution in [2.24, 2.45) is 5.92 Å². The van der Waals surface area contributed by atoms with Gasteiger partial charge in [-0.1, -0.05) is 20.3 Å². The molecule has 2 N–H and O–H groups in total. The van der Waals surface area contributed by atoms with Crippen LogP contribution in [0.5, 0.6) is 0 Å². The molecule has 0 aliphatic carbocycles. The van der Waals surface area contributed by atoms with Gasteiger partial charge in [-0.25, -0.2) is 8.78 Å². The Balaban J connectivity index is 2.39. The molecule has 0 saturated heterocycles. The summed E-state index contributed by atoms with van der Waals surface area (Å²) in [4.78, 5) is 11.8. The fourth-order valence-corrected chi connectivity index (χ4v) is 1.86. The Morgan fingerprint density at radius 3 is 2.76 bits per heavy atom. The zero-order valence-electron chi connectivity index (χ0n) is 9.68. The largest absolute Gasteiger partial charge is 0.369 e. The van der Waals surface area contributed by atoms with Crippen LogP contribution < -0.4 is 10.6 Å². The van der Waals surface area contributed by atoms with E-state index in [1.807, 2.05) is 13.8 Å². The molecule has 0 bridgehead atoms. The molecule has 1 aromatic rings. The van der Waals surface area contributed by atoms with Crippen LogP contribution in [0.4, 0.5) is 20.2 Å². The number of nitrogens with one attached hydrogen (secondary N) is 2. The van der Waals surface area contributed by atoms with Gasteiger partial charge in [-0.15, -0.1) is 0 Å². The average Bonchev–Trinajstić information content (AvgIpc) is 2.32. The van der Waals surface area contributed by atoms with E-state index in [1.54, 1.807) is 0 Å². The lowest BCUT2D eigenvalue weighted by Gasteiger charge is -2.30. The Morgan fingerprint density at radius 1 is 1.41 bits per heavy atom. The first-order valence-corrected chi connectivity index (χ1v) is 5.60. The van der Waals surface area contributed by atoms with Crippen LogP contribution in [0.15, 0.2) is 12.1 Å². The molecule has 2 rings (SSSR count). The third-order valence-electron chi connectivity index (χ3n) is 3.15. The number of rotatable bonds is 2. The fraction of sp³-hybridized carbons (Fsp3) is 0.417. The molecular weight excluding hydrogens is 226 g/mol. The Morgan fingerprint density at radius 2 is 2.12 bits per heavy atom. The molecule has 0 saturated carbocycles. The average molecular weight is 240 g/mol. The van der Waals surface area contributed by atoms with Crippen LogP contribution in [-0.2, 0) is 4.79 Å². The first-order chi connectivity index (χ1) is 8.04. The van der Waals surface area contributed by atoms with Gasteiger partial charge in [0.1, 0.15) is 6.04 Å². The van der Waals surface area contributed by atoms with Crippen molar-refractivity contribution in [3.05, 3.63) is 23.8 Å². The van der Waals surface area contributed by atoms with Crippen LogP contribution in [0.1, 0.15) is 20.3 Å². The van der Waals surface area contributed by atoms with Gasteiger partial charge in [0.05, 0.1) is 11.4 Å². The minimum absolute atomic E-state index is 0.0369. The van der Waals surface area contributed by atoms with Crippen LogP contribution in [0, 0.1) is 17.6 Å². The van der Waals surface area contributed by atoms with Crippen molar-refractivity contribution >= 4 is 17.3 Å². The topological polar surface area (TPSA) is 41.1 Å². The van der Waals surface area contributed by atoms with E-state index in [0.717, 1.165) is 12.5 Å². The fourth-order valence-electron chi connectivity index (χ4n) is 1.86. The number of halogens is 2. The quantitative estimate of drug-likeness (QED) is 0.834. The van der Waals surface area contributed by atoms with Gasteiger partial charge < -0.3 is 10.6 Å². The van der Waals surface area contributed by atoms with Crippen molar-refractivity contribution in [3.8, 4) is 0 Å². The van der Waals surface area contributed by atoms with E-state index in [1.165, 1.54) is 6.07 Å². The number of carbonyl (C=O) groups is 1. The normalized spacial score (nSPS) is 20.2. The molecule has 5 heteroatoms. The highest BCUT2D eigenvalue weighted by Crippen LogP contribution is 2.32. The Labute approximate surface area is 98.2 Å². The summed E-state index contributed by atoms with van der Waals surface area (Å²) in [5, 5.41) is 5.36. The van der Waals surface area contributed by atoms with E-state index in [-0.39, 0.29) is 23.2 Å². The molecule has 0 aromatic heterocycles. The number of carbonyl (C=O) groups excluding carboxylic acids is 1. The Hall–Kier alpha value is -1.65. The Bertz CT molecular complexity index is 462. The lowest BCUT2D eigenvalue weighted by Crippen LogP contribution is -2.43. The van der Waals surface area contributed by atoms with Crippen molar-refractivity contribution in [2.45, 2.75) is 26.3 Å². The molecule has 0 radical (unpaired) electrons. The summed E-state index contributed by atoms with van der Waals surface area (Å²) in [5.41, 5.74) is 0.323. The molecule has 1 aliphatic rings. The van der Waals surface area contributed by atoms with E-state index in [4.69, 9.17) is 0 Å². The first kappa shape index (κ1) is 11.8. The van der Waals surface area contributed by atoms with E-state index < -0.39 is 17.7 Å². The molecule has 0 fully saturated rings. The summed E-state index contributed by atoms with van der Waals surface area (Å²) in [5.74, 6) is -2.03. The number of benzene rings is 1. The monoisotopic (exact) mass is 240 g/mol. The maximum Gasteiger partial charge on any atom is 0.247 e. The molecule has 1 aliphatic heterocycles. The summed E-state index contributed by atoms with van der Waals surface area (Å²) in [6.45, 7) is 3.83. The molecule has 1 heterocycles. The third-order valence-corrected chi connectivity index (χ3v) is 3.15. The van der Waals surface area contributed by atoms with Crippen LogP contribution in [-0.4, -0.2) is 11.9 Å². The summed E-state index contributed by atoms with van der Waals surface area (Å²) in [6, 6.07) is 1.83. The highest BCUT2D eigenvalue weighted by molar-refractivity contribution is 6.03. The number of amides is 1. The molecule has 1 aromatic carbocycles. The summed E-state index contributed by atoms with van der Waals surface area (Å²) in [6.07, 6.45) is 0.775. The smallest absolute Gasteiger partial charge is 0.247 e. The van der Waals surface area contributed by atoms with E-state index >= 15 is 0 Å². The second-order valence-electron chi connectivity index (χ2n) is 4.28. The zero-order valence-corrected chi connectivity index (χ0v) is 9.68. The molecule has 17 heavy (non-hydrogen) atoms. The number of hydrogen-bond donors (Lipinski definition) is 2. The lowest BCUT2D eigenvalue weighted by atomic mass is 9.96. The molecule has 3 nitrogen and oxygen atoms in total. The van der Waals surface area contributed by atoms with Crippen molar-refractivity contribution in [1.29, 1.82) is 0 Å². The Kier molecular flexibility index (Phi) is 3.00. The van der Waals surface area contributed by atoms with Gasteiger partial charge in [-0.3, -0.25) is 4.79 Å². The minimum Gasteiger partial charge on any atom is -0.369 e. The third kappa shape index (κ3) is 1.97. The van der Waals surface area contributed by atoms with Gasteiger partial charge in [0.25, 0.3) is 0 Å². The molecule has 1 amide bonds. The first-order valence-electron chi connectivity index (χ1n) is 5.60. The van der Waals surface area contributed by atoms with E-state index in [0.29, 0.717) is 0 Å². The van der Waals surface area contributed by atoms with Gasteiger partial charge in [0.2, 0.25) is 5.91 Å². The molecule has 2 unspecified atom stereocenters. The van der Waals surface area contributed by atoms with E-state index in [2.05, 4.69) is 10.6 Å². The van der Waals surface area contributed by atoms with Crippen LogP contribution in [0.3, 0.4) is 0 Å². The lowest BCUT2D eigenvalue weighted by molar-refractivity contribution is -0.118. The maximum atomic E-state index is 13.6. The summed E-state index contributed by atoms with van der Waals surface area (Å²) in [7, 11) is 0. The summed E-state index contributed by atoms with van der Waals surface area (Å²) >= 11 is 0. The van der Waals surface area contributed by atoms with Crippen molar-refractivity contribution in [1.82, 2.24) is 0 Å². The van der Waals surface area contributed by atoms with Crippen LogP contribution >= 0.6 is 0 Å². The van der Waals surface area contributed by atoms with Crippen molar-refractivity contribution in [3.63, 3.8) is 0 Å². The maximum absolute atomic E-state index is 13.6. The molecule has 2 atom stereocenters. The van der Waals surface area contributed by atoms with Crippen molar-refractivity contribution in [2.75, 3.05) is 10.6 Å². The van der Waals surface area contributed by atoms with Gasteiger partial charge >= 0.3 is 0 Å². The minimum atomic E-state index is -0.948. The van der Waals surface area contributed by atoms with Gasteiger partial charge in [0.15, 0.2) is 11.6 Å². The van der Waals surface area contributed by atoms with Gasteiger partial charge in [-0.05, 0) is 18.1 Å². The number of fused-ring (bicyclic) bond motifs is 1. The highest BCUT2D eigenvalue weighted by Gasteiger charge is 2.31. The predicted molar refractivity (Wildman–Crippen MR) is 61.9 cm³/mol. The van der Waals surface area contributed by atoms with Gasteiger partial charge in [-0.2, -0.15) is 0 Å². The standard InChI is InChI=1S/C12H14F2N2O/c1-3-6(2)10-12(17)15-8-5-4-7(13)9(14)11(8)16-10/h4-6,10,16H,3H2,1-2H3,(H,15,17). The zero-order chi connectivity index (χ0) is 12.6. The number of hydrogen-bond acceptors (Lipinski definition) is 2. The molecule has 92 valence electrons. The second-order valence-corrected chi connectivity index (χ2v) is 4.28. The summed E-state index contributed by atoms with van der Waals surface area (Å²) < 4.78 is 26.6. The van der Waals surface area contributed by atoms with Crippen molar-refractivity contribution < 1.29 is 13.6 Å². The molecular formula is C12H14F2N2O. The molecule has 0 spiro atoms. The highest BCUT2D eigenvalue weighted by atomic mass is 19.2. The van der Waals surface area contributed by atoms with Crippen LogP contribution in [0.2, 0.25) is 0 Å². The second kappa shape index (κ2) is 4.31. The number of anilines is 2. The van der Waals surface area contributed by atoms with Gasteiger partial charge in [0, 0.05) is 0 Å². The SMILES string of the molecule is CCC(C)C1Nc2c(ccc(F)c2F)NC1=O.